The van der Waals surface area contributed by atoms with E-state index in [0.29, 0.717) is 13.2 Å². The lowest BCUT2D eigenvalue weighted by Crippen LogP contribution is -2.24. The number of amides is 1. The van der Waals surface area contributed by atoms with Crippen LogP contribution in [0.4, 0.5) is 4.79 Å². The Morgan fingerprint density at radius 2 is 2.08 bits per heavy atom. The molecule has 5 heteroatoms. The van der Waals surface area contributed by atoms with Crippen molar-refractivity contribution in [3.05, 3.63) is 0 Å². The molecular formula is C8H18N2O3. The van der Waals surface area contributed by atoms with Crippen molar-refractivity contribution in [1.82, 2.24) is 5.32 Å². The first-order valence-electron chi connectivity index (χ1n) is 4.51. The molecule has 0 heterocycles. The molecule has 0 aromatic carbocycles. The number of ether oxygens (including phenoxy) is 1. The number of nitrogens with one attached hydrogen (secondary N) is 1. The summed E-state index contributed by atoms with van der Waals surface area (Å²) < 4.78 is 4.51. The molecule has 0 fully saturated rings. The summed E-state index contributed by atoms with van der Waals surface area (Å²) in [6, 6.07) is 0. The van der Waals surface area contributed by atoms with Crippen molar-refractivity contribution in [3.63, 3.8) is 0 Å². The SMILES string of the molecule is NC(=O)OCCNCCCCCO. The minimum absolute atomic E-state index is 0.255. The fraction of sp³-hybridized carbons (Fsp3) is 0.875. The van der Waals surface area contributed by atoms with Gasteiger partial charge >= 0.3 is 6.09 Å². The summed E-state index contributed by atoms with van der Waals surface area (Å²) in [6.07, 6.45) is 2.15. The second-order valence-electron chi connectivity index (χ2n) is 2.70. The Hall–Kier alpha value is -0.810. The predicted molar refractivity (Wildman–Crippen MR) is 49.3 cm³/mol. The van der Waals surface area contributed by atoms with Crippen LogP contribution >= 0.6 is 0 Å². The van der Waals surface area contributed by atoms with Crippen LogP contribution in [0, 0.1) is 0 Å². The Balaban J connectivity index is 2.87. The van der Waals surface area contributed by atoms with Crippen LogP contribution < -0.4 is 11.1 Å². The van der Waals surface area contributed by atoms with Gasteiger partial charge in [-0.3, -0.25) is 0 Å². The number of rotatable bonds is 8. The first-order chi connectivity index (χ1) is 6.27. The highest BCUT2D eigenvalue weighted by Gasteiger charge is 1.92. The van der Waals surface area contributed by atoms with Crippen molar-refractivity contribution in [2.24, 2.45) is 5.73 Å². The van der Waals surface area contributed by atoms with Crippen molar-refractivity contribution in [2.45, 2.75) is 19.3 Å². The van der Waals surface area contributed by atoms with Crippen LogP contribution in [-0.4, -0.2) is 37.5 Å². The molecular weight excluding hydrogens is 172 g/mol. The molecule has 0 radical (unpaired) electrons. The standard InChI is InChI=1S/C8H18N2O3/c9-8(12)13-7-5-10-4-2-1-3-6-11/h10-11H,1-7H2,(H2,9,12). The van der Waals surface area contributed by atoms with E-state index < -0.39 is 6.09 Å². The highest BCUT2D eigenvalue weighted by Crippen LogP contribution is 1.91. The minimum atomic E-state index is -0.734. The Kier molecular flexibility index (Phi) is 8.70. The Bertz CT molecular complexity index is 131. The number of primary amides is 1. The monoisotopic (exact) mass is 190 g/mol. The largest absolute Gasteiger partial charge is 0.448 e. The smallest absolute Gasteiger partial charge is 0.404 e. The van der Waals surface area contributed by atoms with E-state index in [1.54, 1.807) is 0 Å². The van der Waals surface area contributed by atoms with E-state index in [-0.39, 0.29) is 6.61 Å². The zero-order valence-electron chi connectivity index (χ0n) is 7.79. The molecule has 4 N–H and O–H groups in total. The van der Waals surface area contributed by atoms with Crippen LogP contribution in [0.25, 0.3) is 0 Å². The van der Waals surface area contributed by atoms with E-state index in [2.05, 4.69) is 10.1 Å². The molecule has 0 atom stereocenters. The lowest BCUT2D eigenvalue weighted by atomic mass is 10.2. The van der Waals surface area contributed by atoms with Gasteiger partial charge in [0.25, 0.3) is 0 Å². The molecule has 13 heavy (non-hydrogen) atoms. The zero-order chi connectivity index (χ0) is 9.94. The third-order valence-electron chi connectivity index (χ3n) is 1.53. The van der Waals surface area contributed by atoms with Crippen molar-refractivity contribution < 1.29 is 14.6 Å². The van der Waals surface area contributed by atoms with Crippen LogP contribution in [-0.2, 0) is 4.74 Å². The van der Waals surface area contributed by atoms with Gasteiger partial charge in [0.1, 0.15) is 6.61 Å². The predicted octanol–water partition coefficient (Wildman–Crippen LogP) is -0.166. The molecule has 0 bridgehead atoms. The number of aliphatic hydroxyl groups excluding tert-OH is 1. The molecule has 78 valence electrons. The maximum atomic E-state index is 10.1. The van der Waals surface area contributed by atoms with Crippen LogP contribution in [0.2, 0.25) is 0 Å². The second kappa shape index (κ2) is 9.28. The maximum Gasteiger partial charge on any atom is 0.404 e. The topological polar surface area (TPSA) is 84.6 Å². The minimum Gasteiger partial charge on any atom is -0.448 e. The van der Waals surface area contributed by atoms with E-state index in [1.807, 2.05) is 0 Å². The molecule has 0 saturated heterocycles. The summed E-state index contributed by atoms with van der Waals surface area (Å²) in [5.41, 5.74) is 4.76. The van der Waals surface area contributed by atoms with Gasteiger partial charge in [-0.25, -0.2) is 4.79 Å². The van der Waals surface area contributed by atoms with Crippen molar-refractivity contribution in [3.8, 4) is 0 Å². The number of nitrogens with two attached hydrogens (primary N) is 1. The summed E-state index contributed by atoms with van der Waals surface area (Å²) in [5, 5.41) is 11.6. The zero-order valence-corrected chi connectivity index (χ0v) is 7.79. The van der Waals surface area contributed by atoms with Crippen molar-refractivity contribution in [1.29, 1.82) is 0 Å². The highest BCUT2D eigenvalue weighted by molar-refractivity contribution is 5.64. The van der Waals surface area contributed by atoms with E-state index in [9.17, 15) is 4.79 Å². The molecule has 1 amide bonds. The fourth-order valence-corrected chi connectivity index (χ4v) is 0.887. The van der Waals surface area contributed by atoms with Gasteiger partial charge in [-0.05, 0) is 25.8 Å². The molecule has 0 aromatic rings. The summed E-state index contributed by atoms with van der Waals surface area (Å²) >= 11 is 0. The van der Waals surface area contributed by atoms with Crippen molar-refractivity contribution in [2.75, 3.05) is 26.3 Å². The van der Waals surface area contributed by atoms with E-state index in [1.165, 1.54) is 0 Å². The van der Waals surface area contributed by atoms with E-state index in [4.69, 9.17) is 10.8 Å². The van der Waals surface area contributed by atoms with Crippen LogP contribution in [0.15, 0.2) is 0 Å². The van der Waals surface area contributed by atoms with Crippen LogP contribution in [0.5, 0.6) is 0 Å². The van der Waals surface area contributed by atoms with Gasteiger partial charge < -0.3 is 20.9 Å². The molecule has 0 aromatic heterocycles. The lowest BCUT2D eigenvalue weighted by molar-refractivity contribution is 0.157. The number of unbranched alkanes of at least 4 members (excludes halogenated alkanes) is 2. The summed E-state index contributed by atoms with van der Waals surface area (Å²) in [6.45, 7) is 2.07. The number of carbonyl (C=O) groups is 1. The van der Waals surface area contributed by atoms with Crippen LogP contribution in [0.1, 0.15) is 19.3 Å². The Morgan fingerprint density at radius 3 is 2.69 bits per heavy atom. The Labute approximate surface area is 78.3 Å². The molecule has 0 rings (SSSR count). The molecule has 0 aliphatic carbocycles. The van der Waals surface area contributed by atoms with Crippen LogP contribution in [0.3, 0.4) is 0 Å². The average molecular weight is 190 g/mol. The first kappa shape index (κ1) is 12.2. The second-order valence-corrected chi connectivity index (χ2v) is 2.70. The first-order valence-corrected chi connectivity index (χ1v) is 4.51. The number of aliphatic hydroxyl groups is 1. The van der Waals surface area contributed by atoms with Gasteiger partial charge in [0.2, 0.25) is 0 Å². The van der Waals surface area contributed by atoms with Gasteiger partial charge in [-0.15, -0.1) is 0 Å². The Morgan fingerprint density at radius 1 is 1.31 bits per heavy atom. The number of hydrogen-bond acceptors (Lipinski definition) is 4. The van der Waals surface area contributed by atoms with Gasteiger partial charge in [0, 0.05) is 13.2 Å². The normalized spacial score (nSPS) is 9.92. The highest BCUT2D eigenvalue weighted by atomic mass is 16.5. The third-order valence-corrected chi connectivity index (χ3v) is 1.53. The lowest BCUT2D eigenvalue weighted by Gasteiger charge is -2.03. The van der Waals surface area contributed by atoms with E-state index >= 15 is 0 Å². The fourth-order valence-electron chi connectivity index (χ4n) is 0.887. The molecule has 0 spiro atoms. The molecule has 0 aliphatic heterocycles. The summed E-state index contributed by atoms with van der Waals surface area (Å²) in [5.74, 6) is 0. The van der Waals surface area contributed by atoms with Gasteiger partial charge in [0.05, 0.1) is 0 Å². The third kappa shape index (κ3) is 11.2. The summed E-state index contributed by atoms with van der Waals surface area (Å²) in [4.78, 5) is 10.1. The quantitative estimate of drug-likeness (QED) is 0.464. The maximum absolute atomic E-state index is 10.1. The van der Waals surface area contributed by atoms with Gasteiger partial charge in [-0.2, -0.15) is 0 Å². The van der Waals surface area contributed by atoms with Gasteiger partial charge in [0.15, 0.2) is 0 Å². The molecule has 5 nitrogen and oxygen atoms in total. The number of hydrogen-bond donors (Lipinski definition) is 3. The van der Waals surface area contributed by atoms with E-state index in [0.717, 1.165) is 25.8 Å². The number of carbonyl (C=O) groups excluding carboxylic acids is 1. The molecule has 0 unspecified atom stereocenters. The molecule has 0 saturated carbocycles. The summed E-state index contributed by atoms with van der Waals surface area (Å²) in [7, 11) is 0. The van der Waals surface area contributed by atoms with Gasteiger partial charge in [-0.1, -0.05) is 0 Å². The average Bonchev–Trinajstić information content (AvgIpc) is 2.09. The van der Waals surface area contributed by atoms with Crippen molar-refractivity contribution >= 4 is 6.09 Å². The molecule has 0 aliphatic rings.